The number of anilines is 1. The molecule has 1 saturated heterocycles. The zero-order chi connectivity index (χ0) is 13.8. The second kappa shape index (κ2) is 5.92. The lowest BCUT2D eigenvalue weighted by Crippen LogP contribution is -2.35. The summed E-state index contributed by atoms with van der Waals surface area (Å²) in [5, 5.41) is 12.5. The number of nitro groups is 1. The first-order valence-electron chi connectivity index (χ1n) is 6.16. The van der Waals surface area contributed by atoms with Crippen LogP contribution >= 0.6 is 0 Å². The molecule has 0 saturated carbocycles. The highest BCUT2D eigenvalue weighted by Gasteiger charge is 2.19. The van der Waals surface area contributed by atoms with Gasteiger partial charge in [0.2, 0.25) is 0 Å². The smallest absolute Gasteiger partial charge is 0.270 e. The highest BCUT2D eigenvalue weighted by atomic mass is 19.3. The van der Waals surface area contributed by atoms with Crippen molar-refractivity contribution in [3.05, 3.63) is 33.9 Å². The van der Waals surface area contributed by atoms with E-state index < -0.39 is 11.3 Å². The number of benzene rings is 1. The van der Waals surface area contributed by atoms with E-state index in [-0.39, 0.29) is 16.9 Å². The van der Waals surface area contributed by atoms with E-state index in [4.69, 9.17) is 0 Å². The van der Waals surface area contributed by atoms with E-state index in [0.717, 1.165) is 38.4 Å². The fourth-order valence-electron chi connectivity index (χ4n) is 2.12. The van der Waals surface area contributed by atoms with Gasteiger partial charge in [-0.2, -0.15) is 0 Å². The van der Waals surface area contributed by atoms with Crippen LogP contribution in [0.1, 0.15) is 31.3 Å². The third-order valence-electron chi connectivity index (χ3n) is 3.12. The Kier molecular flexibility index (Phi) is 4.26. The van der Waals surface area contributed by atoms with Gasteiger partial charge in [0, 0.05) is 30.8 Å². The lowest BCUT2D eigenvalue weighted by Gasteiger charge is -2.28. The molecule has 0 radical (unpaired) electrons. The number of nitrogens with zero attached hydrogens (tertiary/aromatic N) is 2. The molecule has 1 aromatic carbocycles. The summed E-state index contributed by atoms with van der Waals surface area (Å²) >= 11 is 0. The number of hydrogen-bond donors (Lipinski definition) is 1. The van der Waals surface area contributed by atoms with Crippen LogP contribution < -0.4 is 5.43 Å². The molecule has 7 heteroatoms. The van der Waals surface area contributed by atoms with Gasteiger partial charge in [0.1, 0.15) is 0 Å². The Morgan fingerprint density at radius 1 is 1.26 bits per heavy atom. The third kappa shape index (κ3) is 3.37. The van der Waals surface area contributed by atoms with Crippen molar-refractivity contribution in [3.63, 3.8) is 0 Å². The Morgan fingerprint density at radius 2 is 1.95 bits per heavy atom. The number of piperidine rings is 1. The predicted octanol–water partition coefficient (Wildman–Crippen LogP) is 3.35. The van der Waals surface area contributed by atoms with Crippen molar-refractivity contribution in [1.29, 1.82) is 0 Å². The predicted molar refractivity (Wildman–Crippen MR) is 67.1 cm³/mol. The van der Waals surface area contributed by atoms with Gasteiger partial charge in [-0.1, -0.05) is 6.42 Å². The maximum atomic E-state index is 12.9. The number of halogens is 2. The van der Waals surface area contributed by atoms with Gasteiger partial charge >= 0.3 is 0 Å². The maximum absolute atomic E-state index is 12.9. The van der Waals surface area contributed by atoms with Gasteiger partial charge in [0.15, 0.2) is 0 Å². The van der Waals surface area contributed by atoms with E-state index in [0.29, 0.717) is 0 Å². The second-order valence-corrected chi connectivity index (χ2v) is 4.49. The summed E-state index contributed by atoms with van der Waals surface area (Å²) in [7, 11) is 0. The topological polar surface area (TPSA) is 58.4 Å². The van der Waals surface area contributed by atoms with E-state index in [1.54, 1.807) is 0 Å². The molecule has 19 heavy (non-hydrogen) atoms. The quantitative estimate of drug-likeness (QED) is 0.674. The van der Waals surface area contributed by atoms with Crippen molar-refractivity contribution in [2.75, 3.05) is 18.5 Å². The van der Waals surface area contributed by atoms with Crippen molar-refractivity contribution in [2.45, 2.75) is 25.7 Å². The Hall–Kier alpha value is -1.76. The van der Waals surface area contributed by atoms with Gasteiger partial charge in [-0.25, -0.2) is 13.8 Å². The van der Waals surface area contributed by atoms with Crippen molar-refractivity contribution >= 4 is 11.4 Å². The number of hydrazine groups is 1. The third-order valence-corrected chi connectivity index (χ3v) is 3.12. The molecule has 0 atom stereocenters. The molecule has 1 N–H and O–H groups in total. The normalized spacial score (nSPS) is 16.6. The fraction of sp³-hybridized carbons (Fsp3) is 0.500. The molecule has 0 aliphatic carbocycles. The lowest BCUT2D eigenvalue weighted by molar-refractivity contribution is -0.385. The zero-order valence-corrected chi connectivity index (χ0v) is 10.3. The van der Waals surface area contributed by atoms with E-state index in [2.05, 4.69) is 5.43 Å². The molecule has 104 valence electrons. The van der Waals surface area contributed by atoms with Crippen molar-refractivity contribution in [3.8, 4) is 0 Å². The van der Waals surface area contributed by atoms with Crippen LogP contribution in [-0.4, -0.2) is 23.0 Å². The van der Waals surface area contributed by atoms with Crippen LogP contribution in [0.5, 0.6) is 0 Å². The SMILES string of the molecule is O=[N+]([O-])c1ccc(NN2CCCCC2)c(C(F)F)c1. The Morgan fingerprint density at radius 3 is 2.53 bits per heavy atom. The average molecular weight is 271 g/mol. The first kappa shape index (κ1) is 13.7. The first-order valence-corrected chi connectivity index (χ1v) is 6.16. The van der Waals surface area contributed by atoms with Gasteiger partial charge in [-0.3, -0.25) is 10.1 Å². The Balaban J connectivity index is 2.20. The van der Waals surface area contributed by atoms with Gasteiger partial charge in [0.25, 0.3) is 12.1 Å². The summed E-state index contributed by atoms with van der Waals surface area (Å²) in [5.74, 6) is 0. The molecule has 2 rings (SSSR count). The minimum atomic E-state index is -2.74. The number of alkyl halides is 2. The summed E-state index contributed by atoms with van der Waals surface area (Å²) in [6.07, 6.45) is 0.431. The van der Waals surface area contributed by atoms with Crippen molar-refractivity contribution in [2.24, 2.45) is 0 Å². The first-order chi connectivity index (χ1) is 9.08. The molecular formula is C12H15F2N3O2. The van der Waals surface area contributed by atoms with Crippen LogP contribution in [0.3, 0.4) is 0 Å². The molecule has 0 amide bonds. The summed E-state index contributed by atoms with van der Waals surface area (Å²) < 4.78 is 25.9. The average Bonchev–Trinajstić information content (AvgIpc) is 2.39. The highest BCUT2D eigenvalue weighted by Crippen LogP contribution is 2.31. The summed E-state index contributed by atoms with van der Waals surface area (Å²) in [6, 6.07) is 3.50. The van der Waals surface area contributed by atoms with Crippen LogP contribution in [0.2, 0.25) is 0 Å². The minimum absolute atomic E-state index is 0.238. The zero-order valence-electron chi connectivity index (χ0n) is 10.3. The number of nitro benzene ring substituents is 1. The van der Waals surface area contributed by atoms with Gasteiger partial charge in [-0.05, 0) is 18.9 Å². The molecular weight excluding hydrogens is 256 g/mol. The molecule has 0 aromatic heterocycles. The second-order valence-electron chi connectivity index (χ2n) is 4.49. The maximum Gasteiger partial charge on any atom is 0.270 e. The van der Waals surface area contributed by atoms with Gasteiger partial charge in [-0.15, -0.1) is 0 Å². The Labute approximate surface area is 109 Å². The highest BCUT2D eigenvalue weighted by molar-refractivity contribution is 5.56. The van der Waals surface area contributed by atoms with Crippen LogP contribution in [-0.2, 0) is 0 Å². The van der Waals surface area contributed by atoms with E-state index in [1.807, 2.05) is 5.01 Å². The van der Waals surface area contributed by atoms with E-state index >= 15 is 0 Å². The molecule has 1 fully saturated rings. The van der Waals surface area contributed by atoms with Gasteiger partial charge < -0.3 is 5.43 Å². The van der Waals surface area contributed by atoms with Gasteiger partial charge in [0.05, 0.1) is 10.6 Å². The van der Waals surface area contributed by atoms with Crippen LogP contribution in [0.25, 0.3) is 0 Å². The number of non-ortho nitro benzene ring substituents is 1. The largest absolute Gasteiger partial charge is 0.318 e. The number of hydrogen-bond acceptors (Lipinski definition) is 4. The van der Waals surface area contributed by atoms with Crippen molar-refractivity contribution < 1.29 is 13.7 Å². The molecule has 1 heterocycles. The minimum Gasteiger partial charge on any atom is -0.318 e. The van der Waals surface area contributed by atoms with E-state index in [1.165, 1.54) is 12.1 Å². The van der Waals surface area contributed by atoms with E-state index in [9.17, 15) is 18.9 Å². The molecule has 1 aromatic rings. The molecule has 0 unspecified atom stereocenters. The number of nitrogens with one attached hydrogen (secondary N) is 1. The van der Waals surface area contributed by atoms with Crippen LogP contribution in [0.4, 0.5) is 20.2 Å². The summed E-state index contributed by atoms with van der Waals surface area (Å²) in [4.78, 5) is 9.94. The summed E-state index contributed by atoms with van der Waals surface area (Å²) in [5.41, 5.74) is 2.51. The number of rotatable bonds is 4. The monoisotopic (exact) mass is 271 g/mol. The van der Waals surface area contributed by atoms with Crippen LogP contribution in [0, 0.1) is 10.1 Å². The molecule has 0 bridgehead atoms. The summed E-state index contributed by atoms with van der Waals surface area (Å²) in [6.45, 7) is 1.58. The fourth-order valence-corrected chi connectivity index (χ4v) is 2.12. The van der Waals surface area contributed by atoms with Crippen LogP contribution in [0.15, 0.2) is 18.2 Å². The molecule has 1 aliphatic heterocycles. The molecule has 1 aliphatic rings. The lowest BCUT2D eigenvalue weighted by atomic mass is 10.1. The standard InChI is InChI=1S/C12H15F2N3O2/c13-12(14)10-8-9(17(18)19)4-5-11(10)15-16-6-2-1-3-7-16/h4-5,8,12,15H,1-3,6-7H2. The molecule has 5 nitrogen and oxygen atoms in total. The Bertz CT molecular complexity index is 462. The molecule has 0 spiro atoms. The van der Waals surface area contributed by atoms with Crippen molar-refractivity contribution in [1.82, 2.24) is 5.01 Å².